The highest BCUT2D eigenvalue weighted by Crippen LogP contribution is 2.19. The summed E-state index contributed by atoms with van der Waals surface area (Å²) in [6.07, 6.45) is 4.66. The molecule has 0 bridgehead atoms. The summed E-state index contributed by atoms with van der Waals surface area (Å²) in [5.41, 5.74) is 4.36. The molecule has 5 heteroatoms. The highest BCUT2D eigenvalue weighted by Gasteiger charge is 2.21. The van der Waals surface area contributed by atoms with Crippen LogP contribution in [0.3, 0.4) is 0 Å². The molecule has 1 aliphatic carbocycles. The van der Waals surface area contributed by atoms with Crippen LogP contribution < -0.4 is 5.32 Å². The number of nitrogens with one attached hydrogen (secondary N) is 2. The lowest BCUT2D eigenvalue weighted by Gasteiger charge is -2.22. The molecule has 0 radical (unpaired) electrons. The smallest absolute Gasteiger partial charge is 0.251 e. The minimum absolute atomic E-state index is 0.00404. The summed E-state index contributed by atoms with van der Waals surface area (Å²) in [7, 11) is 4.07. The van der Waals surface area contributed by atoms with E-state index in [1.165, 1.54) is 11.1 Å². The highest BCUT2D eigenvalue weighted by atomic mass is 16.1. The number of nitrogens with zero attached hydrogens (tertiary/aromatic N) is 2. The lowest BCUT2D eigenvalue weighted by molar-refractivity contribution is 0.0933. The second-order valence-electron chi connectivity index (χ2n) is 6.22. The van der Waals surface area contributed by atoms with Gasteiger partial charge in [0, 0.05) is 30.3 Å². The summed E-state index contributed by atoms with van der Waals surface area (Å²) in [6.45, 7) is 0.882. The molecule has 3 rings (SSSR count). The summed E-state index contributed by atoms with van der Waals surface area (Å²) in [5.74, 6) is 0.00404. The third-order valence-electron chi connectivity index (χ3n) is 4.07. The average molecular weight is 298 g/mol. The van der Waals surface area contributed by atoms with Gasteiger partial charge in [0.15, 0.2) is 0 Å². The van der Waals surface area contributed by atoms with Gasteiger partial charge in [-0.05, 0) is 50.2 Å². The highest BCUT2D eigenvalue weighted by molar-refractivity contribution is 5.94. The number of aryl methyl sites for hydroxylation is 1. The van der Waals surface area contributed by atoms with Crippen molar-refractivity contribution in [3.8, 4) is 0 Å². The number of rotatable bonds is 4. The molecule has 116 valence electrons. The van der Waals surface area contributed by atoms with Gasteiger partial charge in [-0.1, -0.05) is 12.1 Å². The number of aromatic nitrogens is 2. The maximum Gasteiger partial charge on any atom is 0.251 e. The number of aromatic amines is 1. The van der Waals surface area contributed by atoms with E-state index in [2.05, 4.69) is 20.4 Å². The molecule has 0 aliphatic heterocycles. The SMILES string of the molecule is CN(C)Cc1ccc(C(=O)NC2CCc3cn[nH]c3C2)cc1. The predicted octanol–water partition coefficient (Wildman–Crippen LogP) is 1.76. The van der Waals surface area contributed by atoms with Crippen LogP contribution in [0.25, 0.3) is 0 Å². The van der Waals surface area contributed by atoms with Gasteiger partial charge in [0.2, 0.25) is 0 Å². The number of carbonyl (C=O) groups is 1. The zero-order chi connectivity index (χ0) is 15.5. The fourth-order valence-electron chi connectivity index (χ4n) is 2.93. The quantitative estimate of drug-likeness (QED) is 0.904. The van der Waals surface area contributed by atoms with Crippen molar-refractivity contribution in [2.75, 3.05) is 14.1 Å². The molecule has 1 amide bonds. The van der Waals surface area contributed by atoms with Gasteiger partial charge in [-0.2, -0.15) is 5.10 Å². The zero-order valence-electron chi connectivity index (χ0n) is 13.1. The zero-order valence-corrected chi connectivity index (χ0v) is 13.1. The van der Waals surface area contributed by atoms with E-state index in [0.29, 0.717) is 0 Å². The molecule has 1 unspecified atom stereocenters. The van der Waals surface area contributed by atoms with Crippen molar-refractivity contribution in [1.82, 2.24) is 20.4 Å². The Hall–Kier alpha value is -2.14. The first kappa shape index (κ1) is 14.8. The van der Waals surface area contributed by atoms with Crippen molar-refractivity contribution in [2.45, 2.75) is 31.8 Å². The lowest BCUT2D eigenvalue weighted by Crippen LogP contribution is -2.38. The monoisotopic (exact) mass is 298 g/mol. The van der Waals surface area contributed by atoms with E-state index in [-0.39, 0.29) is 11.9 Å². The summed E-state index contributed by atoms with van der Waals surface area (Å²) in [4.78, 5) is 14.5. The van der Waals surface area contributed by atoms with Gasteiger partial charge in [0.1, 0.15) is 0 Å². The van der Waals surface area contributed by atoms with Gasteiger partial charge in [-0.3, -0.25) is 9.89 Å². The third-order valence-corrected chi connectivity index (χ3v) is 4.07. The van der Waals surface area contributed by atoms with Crippen LogP contribution in [0.4, 0.5) is 0 Å². The summed E-state index contributed by atoms with van der Waals surface area (Å²) in [5, 5.41) is 10.2. The molecule has 0 saturated heterocycles. The molecule has 1 atom stereocenters. The van der Waals surface area contributed by atoms with Gasteiger partial charge in [-0.25, -0.2) is 0 Å². The van der Waals surface area contributed by atoms with Crippen LogP contribution >= 0.6 is 0 Å². The summed E-state index contributed by atoms with van der Waals surface area (Å²) >= 11 is 0. The Morgan fingerprint density at radius 2 is 2.14 bits per heavy atom. The van der Waals surface area contributed by atoms with E-state index >= 15 is 0 Å². The Balaban J connectivity index is 1.60. The molecule has 5 nitrogen and oxygen atoms in total. The number of hydrogen-bond donors (Lipinski definition) is 2. The first-order chi connectivity index (χ1) is 10.6. The Morgan fingerprint density at radius 3 is 2.86 bits per heavy atom. The first-order valence-electron chi connectivity index (χ1n) is 7.67. The number of amides is 1. The van der Waals surface area contributed by atoms with Crippen LogP contribution in [-0.2, 0) is 19.4 Å². The summed E-state index contributed by atoms with van der Waals surface area (Å²) < 4.78 is 0. The minimum atomic E-state index is 0.00404. The van der Waals surface area contributed by atoms with Crippen LogP contribution in [0.2, 0.25) is 0 Å². The van der Waals surface area contributed by atoms with Crippen molar-refractivity contribution in [2.24, 2.45) is 0 Å². The van der Waals surface area contributed by atoms with Crippen LogP contribution in [-0.4, -0.2) is 41.1 Å². The molecule has 0 saturated carbocycles. The van der Waals surface area contributed by atoms with Gasteiger partial charge in [-0.15, -0.1) is 0 Å². The van der Waals surface area contributed by atoms with E-state index < -0.39 is 0 Å². The van der Waals surface area contributed by atoms with Gasteiger partial charge in [0.25, 0.3) is 5.91 Å². The van der Waals surface area contributed by atoms with E-state index in [0.717, 1.165) is 37.1 Å². The van der Waals surface area contributed by atoms with E-state index in [1.54, 1.807) is 0 Å². The Bertz CT molecular complexity index is 645. The predicted molar refractivity (Wildman–Crippen MR) is 85.7 cm³/mol. The van der Waals surface area contributed by atoms with Crippen molar-refractivity contribution in [1.29, 1.82) is 0 Å². The second-order valence-corrected chi connectivity index (χ2v) is 6.22. The summed E-state index contributed by atoms with van der Waals surface area (Å²) in [6, 6.07) is 8.02. The van der Waals surface area contributed by atoms with E-state index in [4.69, 9.17) is 0 Å². The third kappa shape index (κ3) is 3.36. The van der Waals surface area contributed by atoms with Crippen molar-refractivity contribution < 1.29 is 4.79 Å². The maximum atomic E-state index is 12.3. The maximum absolute atomic E-state index is 12.3. The lowest BCUT2D eigenvalue weighted by atomic mass is 9.93. The van der Waals surface area contributed by atoms with Gasteiger partial charge in [0.05, 0.1) is 6.20 Å². The van der Waals surface area contributed by atoms with E-state index in [1.807, 2.05) is 44.6 Å². The number of fused-ring (bicyclic) bond motifs is 1. The van der Waals surface area contributed by atoms with Crippen LogP contribution in [0.5, 0.6) is 0 Å². The molecule has 1 aliphatic rings. The van der Waals surface area contributed by atoms with Crippen molar-refractivity contribution in [3.63, 3.8) is 0 Å². The molecule has 2 aromatic rings. The minimum Gasteiger partial charge on any atom is -0.349 e. The molecule has 1 aromatic carbocycles. The van der Waals surface area contributed by atoms with Crippen LogP contribution in [0.15, 0.2) is 30.5 Å². The normalized spacial score (nSPS) is 17.3. The second kappa shape index (κ2) is 6.32. The van der Waals surface area contributed by atoms with Gasteiger partial charge >= 0.3 is 0 Å². The Morgan fingerprint density at radius 1 is 1.36 bits per heavy atom. The number of hydrogen-bond acceptors (Lipinski definition) is 3. The molecule has 2 N–H and O–H groups in total. The molecular formula is C17H22N4O. The van der Waals surface area contributed by atoms with Gasteiger partial charge < -0.3 is 10.2 Å². The van der Waals surface area contributed by atoms with Crippen molar-refractivity contribution >= 4 is 5.91 Å². The standard InChI is InChI=1S/C17H22N4O/c1-21(2)11-12-3-5-13(6-4-12)17(22)19-15-8-7-14-10-18-20-16(14)9-15/h3-6,10,15H,7-9,11H2,1-2H3,(H,18,20)(H,19,22). The molecule has 1 aromatic heterocycles. The fourth-order valence-corrected chi connectivity index (χ4v) is 2.93. The molecule has 0 fully saturated rings. The topological polar surface area (TPSA) is 61.0 Å². The largest absolute Gasteiger partial charge is 0.349 e. The number of carbonyl (C=O) groups excluding carboxylic acids is 1. The van der Waals surface area contributed by atoms with Crippen LogP contribution in [0, 0.1) is 0 Å². The first-order valence-corrected chi connectivity index (χ1v) is 7.67. The molecule has 22 heavy (non-hydrogen) atoms. The molecular weight excluding hydrogens is 276 g/mol. The Labute approximate surface area is 130 Å². The molecule has 0 spiro atoms. The van der Waals surface area contributed by atoms with E-state index in [9.17, 15) is 4.79 Å². The number of benzene rings is 1. The van der Waals surface area contributed by atoms with Crippen molar-refractivity contribution in [3.05, 3.63) is 52.8 Å². The Kier molecular flexibility index (Phi) is 4.24. The fraction of sp³-hybridized carbons (Fsp3) is 0.412. The van der Waals surface area contributed by atoms with Crippen LogP contribution in [0.1, 0.15) is 33.6 Å². The number of H-pyrrole nitrogens is 1. The molecule has 1 heterocycles. The average Bonchev–Trinajstić information content (AvgIpc) is 2.95.